The van der Waals surface area contributed by atoms with Crippen molar-refractivity contribution in [1.82, 2.24) is 19.5 Å². The Bertz CT molecular complexity index is 1090. The maximum Gasteiger partial charge on any atom is 1.00 e. The smallest absolute Gasteiger partial charge is 0.857 e. The fourth-order valence-corrected chi connectivity index (χ4v) is 5.46. The zero-order valence-corrected chi connectivity index (χ0v) is 29.0. The van der Waals surface area contributed by atoms with Gasteiger partial charge in [0.1, 0.15) is 24.2 Å². The van der Waals surface area contributed by atoms with Gasteiger partial charge in [-0.15, -0.1) is 0 Å². The Labute approximate surface area is 280 Å². The quantitative estimate of drug-likeness (QED) is 0.217. The fourth-order valence-electron chi connectivity index (χ4n) is 2.53. The van der Waals surface area contributed by atoms with Gasteiger partial charge in [-0.05, 0) is 0 Å². The first-order valence-corrected chi connectivity index (χ1v) is 12.1. The van der Waals surface area contributed by atoms with Crippen LogP contribution in [0.1, 0.15) is 12.6 Å². The summed E-state index contributed by atoms with van der Waals surface area (Å²) in [7, 11) is -17.6. The van der Waals surface area contributed by atoms with Crippen LogP contribution in [0.5, 0.6) is 5.88 Å². The molecule has 0 spiro atoms. The third-order valence-corrected chi connectivity index (χ3v) is 7.36. The fraction of sp³-hybridized carbons (Fsp3) is 0.500. The molecule has 5 atom stereocenters. The molecule has 168 valence electrons. The second-order valence-corrected chi connectivity index (χ2v) is 10.0. The number of phosphoric acid groups is 3. The third kappa shape index (κ3) is 11.0. The van der Waals surface area contributed by atoms with Gasteiger partial charge in [0.05, 0.1) is 26.9 Å². The molecule has 0 saturated carbocycles. The average molecular weight is 580 g/mol. The van der Waals surface area contributed by atoms with Gasteiger partial charge in [0.25, 0.3) is 7.82 Å². The molecule has 1 aliphatic heterocycles. The van der Waals surface area contributed by atoms with E-state index in [1.807, 2.05) is 0 Å². The Balaban J connectivity index is 0. The summed E-state index contributed by atoms with van der Waals surface area (Å²) in [4.78, 5) is 52.4. The van der Waals surface area contributed by atoms with Crippen LogP contribution in [0, 0.1) is 0 Å². The number of hydrogen-bond acceptors (Lipinski definition) is 15. The van der Waals surface area contributed by atoms with E-state index in [2.05, 4.69) is 28.1 Å². The number of aliphatic hydroxyl groups is 1. The summed E-state index contributed by atoms with van der Waals surface area (Å²) >= 11 is 0. The summed E-state index contributed by atoms with van der Waals surface area (Å²) in [5.74, 6) is -0.641. The predicted molar refractivity (Wildman–Crippen MR) is 82.5 cm³/mol. The van der Waals surface area contributed by atoms with Crippen LogP contribution in [0.25, 0.3) is 11.2 Å². The molecule has 0 bridgehead atoms. The van der Waals surface area contributed by atoms with E-state index >= 15 is 0 Å². The van der Waals surface area contributed by atoms with Crippen LogP contribution in [0.3, 0.4) is 0 Å². The molecule has 1 saturated heterocycles. The first-order valence-electron chi connectivity index (χ1n) is 7.67. The molecular weight excluding hydrogens is 569 g/mol. The molecule has 34 heavy (non-hydrogen) atoms. The van der Waals surface area contributed by atoms with Crippen molar-refractivity contribution >= 4 is 34.6 Å². The normalized spacial score (nSPS) is 23.4. The molecule has 0 amide bonds. The minimum Gasteiger partial charge on any atom is -0.857 e. The predicted octanol–water partition coefficient (Wildman–Crippen LogP) is -15.0. The van der Waals surface area contributed by atoms with Gasteiger partial charge in [-0.3, -0.25) is 18.4 Å². The average Bonchev–Trinajstić information content (AvgIpc) is 3.14. The molecule has 0 aromatic carbocycles. The monoisotopic (exact) mass is 580 g/mol. The molecule has 2 aromatic heterocycles. The van der Waals surface area contributed by atoms with Crippen molar-refractivity contribution in [2.24, 2.45) is 0 Å². The summed E-state index contributed by atoms with van der Waals surface area (Å²) in [5.41, 5.74) is 0.0464. The van der Waals surface area contributed by atoms with Crippen LogP contribution < -0.4 is 138 Å². The minimum atomic E-state index is -6.04. The van der Waals surface area contributed by atoms with E-state index in [0.29, 0.717) is 0 Å². The maximum absolute atomic E-state index is 11.6. The summed E-state index contributed by atoms with van der Waals surface area (Å²) in [6.07, 6.45) is -1.42. The summed E-state index contributed by atoms with van der Waals surface area (Å²) in [6.45, 7) is -0.917. The molecule has 3 rings (SSSR count). The van der Waals surface area contributed by atoms with Crippen molar-refractivity contribution in [3.8, 4) is 5.88 Å². The first-order chi connectivity index (χ1) is 13.8. The van der Waals surface area contributed by atoms with Crippen molar-refractivity contribution in [2.75, 3.05) is 6.61 Å². The molecule has 0 radical (unpaired) electrons. The van der Waals surface area contributed by atoms with E-state index in [1.165, 1.54) is 10.9 Å². The van der Waals surface area contributed by atoms with Crippen molar-refractivity contribution in [2.45, 2.75) is 24.9 Å². The minimum absolute atomic E-state index is 0. The van der Waals surface area contributed by atoms with Gasteiger partial charge in [-0.25, -0.2) is 18.8 Å². The Hall–Kier alpha value is 2.68. The molecule has 2 aromatic rings. The van der Waals surface area contributed by atoms with Crippen molar-refractivity contribution < 1.29 is 180 Å². The Morgan fingerprint density at radius 1 is 1.09 bits per heavy atom. The van der Waals surface area contributed by atoms with Crippen LogP contribution in [0.2, 0.25) is 0 Å². The molecule has 17 nitrogen and oxygen atoms in total. The van der Waals surface area contributed by atoms with Crippen LogP contribution in [-0.2, 0) is 31.6 Å². The van der Waals surface area contributed by atoms with E-state index in [0.717, 1.165) is 6.33 Å². The van der Waals surface area contributed by atoms with Crippen molar-refractivity contribution in [3.05, 3.63) is 12.7 Å². The van der Waals surface area contributed by atoms with Gasteiger partial charge in [0.15, 0.2) is 5.65 Å². The number of imidazole rings is 1. The van der Waals surface area contributed by atoms with E-state index in [1.54, 1.807) is 0 Å². The molecule has 0 aliphatic carbocycles. The first kappa shape index (κ1) is 38.8. The van der Waals surface area contributed by atoms with E-state index < -0.39 is 54.4 Å². The SMILES string of the molecule is O=P([O-])([O-])OP(=O)(O)OP(=O)([O-])OCC1OC(n2cnc3c([O-])ncnc32)CC1O.[Na+].[Na+].[Na+].[Na+]. The van der Waals surface area contributed by atoms with Gasteiger partial charge < -0.3 is 43.6 Å². The van der Waals surface area contributed by atoms with Crippen LogP contribution in [-0.4, -0.2) is 48.3 Å². The van der Waals surface area contributed by atoms with E-state index in [9.17, 15) is 38.6 Å². The van der Waals surface area contributed by atoms with Gasteiger partial charge in [-0.1, -0.05) is 0 Å². The number of aromatic nitrogens is 4. The maximum atomic E-state index is 11.6. The number of ether oxygens (including phenoxy) is 1. The second-order valence-electron chi connectivity index (χ2n) is 5.76. The molecule has 1 fully saturated rings. The Kier molecular flexibility index (Phi) is 17.7. The summed E-state index contributed by atoms with van der Waals surface area (Å²) < 4.78 is 50.8. The number of fused-ring (bicyclic) bond motifs is 1. The largest absolute Gasteiger partial charge is 1.00 e. The number of aliphatic hydroxyl groups excluding tert-OH is 1. The van der Waals surface area contributed by atoms with Crippen LogP contribution >= 0.6 is 23.5 Å². The molecule has 5 unspecified atom stereocenters. The van der Waals surface area contributed by atoms with Crippen LogP contribution in [0.4, 0.5) is 0 Å². The van der Waals surface area contributed by atoms with Gasteiger partial charge in [0.2, 0.25) is 0 Å². The third-order valence-electron chi connectivity index (χ3n) is 3.64. The zero-order valence-electron chi connectivity index (χ0n) is 18.3. The molecular formula is C10H11N4Na4O13P3. The van der Waals surface area contributed by atoms with E-state index in [-0.39, 0.29) is 136 Å². The number of phosphoric ester groups is 1. The second kappa shape index (κ2) is 15.5. The molecule has 24 heteroatoms. The van der Waals surface area contributed by atoms with Crippen LogP contribution in [0.15, 0.2) is 12.7 Å². The van der Waals surface area contributed by atoms with Gasteiger partial charge >= 0.3 is 126 Å². The van der Waals surface area contributed by atoms with Gasteiger partial charge in [-0.2, -0.15) is 0 Å². The number of hydrogen-bond donors (Lipinski definition) is 2. The Morgan fingerprint density at radius 2 is 1.71 bits per heavy atom. The number of rotatable bonds is 8. The standard InChI is InChI=1S/C10H15N4O13P3.4Na/c15-5-1-7(14-4-13-8-9(14)11-3-12-10(8)16)25-6(5)2-24-29(20,21)27-30(22,23)26-28(17,18)19;;;;/h3-7,15H,1-2H2,(H,20,21)(H,22,23)(H,11,12,16)(H2,17,18,19);;;;/q;4*+1/p-4. The zero-order chi connectivity index (χ0) is 22.3. The van der Waals surface area contributed by atoms with E-state index in [4.69, 9.17) is 9.63 Å². The summed E-state index contributed by atoms with van der Waals surface area (Å²) in [5, 5.41) is 21.7. The summed E-state index contributed by atoms with van der Waals surface area (Å²) in [6, 6.07) is 0. The molecule has 2 N–H and O–H groups in total. The van der Waals surface area contributed by atoms with Crippen molar-refractivity contribution in [3.63, 3.8) is 0 Å². The van der Waals surface area contributed by atoms with Gasteiger partial charge in [0, 0.05) is 12.3 Å². The number of nitrogens with zero attached hydrogens (tertiary/aromatic N) is 4. The topological polar surface area (TPSA) is 264 Å². The molecule has 3 heterocycles. The Morgan fingerprint density at radius 3 is 2.29 bits per heavy atom. The molecule has 1 aliphatic rings. The van der Waals surface area contributed by atoms with Crippen molar-refractivity contribution in [1.29, 1.82) is 0 Å².